The van der Waals surface area contributed by atoms with E-state index >= 15 is 0 Å². The van der Waals surface area contributed by atoms with Crippen molar-refractivity contribution in [2.75, 3.05) is 6.61 Å². The van der Waals surface area contributed by atoms with Crippen LogP contribution in [0.25, 0.3) is 21.7 Å². The Morgan fingerprint density at radius 2 is 2.22 bits per heavy atom. The third-order valence-electron chi connectivity index (χ3n) is 3.09. The van der Waals surface area contributed by atoms with Gasteiger partial charge >= 0.3 is 0 Å². The first-order valence-corrected chi connectivity index (χ1v) is 6.77. The molecule has 4 heteroatoms. The first-order valence-electron chi connectivity index (χ1n) is 5.89. The number of aromatic nitrogens is 2. The molecule has 3 aromatic rings. The summed E-state index contributed by atoms with van der Waals surface area (Å²) >= 11 is 1.70. The van der Waals surface area contributed by atoms with Crippen molar-refractivity contribution in [3.05, 3.63) is 41.3 Å². The highest BCUT2D eigenvalue weighted by Crippen LogP contribution is 2.27. The Hall–Kier alpha value is -1.65. The van der Waals surface area contributed by atoms with Gasteiger partial charge in [-0.25, -0.2) is 4.98 Å². The van der Waals surface area contributed by atoms with E-state index in [1.165, 1.54) is 4.88 Å². The van der Waals surface area contributed by atoms with Gasteiger partial charge in [0.15, 0.2) is 5.82 Å². The van der Waals surface area contributed by atoms with Crippen molar-refractivity contribution in [2.24, 2.45) is 7.05 Å². The van der Waals surface area contributed by atoms with Crippen molar-refractivity contribution in [1.29, 1.82) is 0 Å². The zero-order valence-corrected chi connectivity index (χ0v) is 10.9. The van der Waals surface area contributed by atoms with Gasteiger partial charge in [-0.15, -0.1) is 11.3 Å². The molecule has 2 aromatic heterocycles. The second kappa shape index (κ2) is 4.55. The lowest BCUT2D eigenvalue weighted by Crippen LogP contribution is -1.93. The van der Waals surface area contributed by atoms with Gasteiger partial charge in [-0.1, -0.05) is 12.1 Å². The van der Waals surface area contributed by atoms with Crippen LogP contribution in [0.3, 0.4) is 0 Å². The number of rotatable bonds is 3. The molecule has 2 heterocycles. The van der Waals surface area contributed by atoms with Gasteiger partial charge in [-0.05, 0) is 35.6 Å². The summed E-state index contributed by atoms with van der Waals surface area (Å²) in [5, 5.41) is 11.1. The molecule has 92 valence electrons. The molecule has 0 unspecified atom stereocenters. The molecule has 18 heavy (non-hydrogen) atoms. The van der Waals surface area contributed by atoms with E-state index in [2.05, 4.69) is 27.1 Å². The molecule has 0 amide bonds. The minimum atomic E-state index is 0.182. The Morgan fingerprint density at radius 3 is 2.94 bits per heavy atom. The van der Waals surface area contributed by atoms with E-state index < -0.39 is 0 Å². The highest BCUT2D eigenvalue weighted by Gasteiger charge is 2.10. The van der Waals surface area contributed by atoms with E-state index in [1.807, 2.05) is 25.2 Å². The highest BCUT2D eigenvalue weighted by molar-refractivity contribution is 7.13. The van der Waals surface area contributed by atoms with Crippen LogP contribution in [-0.4, -0.2) is 21.3 Å². The summed E-state index contributed by atoms with van der Waals surface area (Å²) in [5.41, 5.74) is 3.26. The van der Waals surface area contributed by atoms with Gasteiger partial charge in [0.05, 0.1) is 15.9 Å². The molecular formula is C14H14N2OS. The Bertz CT molecular complexity index is 670. The fourth-order valence-corrected chi connectivity index (χ4v) is 2.90. The largest absolute Gasteiger partial charge is 0.396 e. The summed E-state index contributed by atoms with van der Waals surface area (Å²) in [7, 11) is 2.03. The third-order valence-corrected chi connectivity index (χ3v) is 3.95. The van der Waals surface area contributed by atoms with Crippen molar-refractivity contribution in [2.45, 2.75) is 6.42 Å². The van der Waals surface area contributed by atoms with Crippen molar-refractivity contribution < 1.29 is 5.11 Å². The standard InChI is InChI=1S/C14H14N2OS/c1-16-12-9-10(6-7-17)4-5-11(12)15-14(16)13-3-2-8-18-13/h2-5,8-9,17H,6-7H2,1H3. The van der Waals surface area contributed by atoms with E-state index in [-0.39, 0.29) is 6.61 Å². The van der Waals surface area contributed by atoms with Gasteiger partial charge in [0, 0.05) is 13.7 Å². The molecular weight excluding hydrogens is 244 g/mol. The summed E-state index contributed by atoms with van der Waals surface area (Å²) < 4.78 is 2.11. The van der Waals surface area contributed by atoms with Crippen LogP contribution in [0.2, 0.25) is 0 Å². The second-order valence-electron chi connectivity index (χ2n) is 4.27. The minimum Gasteiger partial charge on any atom is -0.396 e. The Labute approximate surface area is 109 Å². The molecule has 0 saturated carbocycles. The topological polar surface area (TPSA) is 38.0 Å². The Morgan fingerprint density at radius 1 is 1.33 bits per heavy atom. The lowest BCUT2D eigenvalue weighted by atomic mass is 10.1. The molecule has 0 atom stereocenters. The fourth-order valence-electron chi connectivity index (χ4n) is 2.15. The third kappa shape index (κ3) is 1.83. The van der Waals surface area contributed by atoms with E-state index in [1.54, 1.807) is 11.3 Å². The van der Waals surface area contributed by atoms with Gasteiger partial charge in [-0.3, -0.25) is 0 Å². The van der Waals surface area contributed by atoms with E-state index in [4.69, 9.17) is 5.11 Å². The first kappa shape index (κ1) is 11.4. The van der Waals surface area contributed by atoms with Crippen LogP contribution in [0.4, 0.5) is 0 Å². The van der Waals surface area contributed by atoms with Gasteiger partial charge in [-0.2, -0.15) is 0 Å². The maximum absolute atomic E-state index is 9.00. The fraction of sp³-hybridized carbons (Fsp3) is 0.214. The monoisotopic (exact) mass is 258 g/mol. The number of thiophene rings is 1. The predicted octanol–water partition coefficient (Wildman–Crippen LogP) is 2.84. The summed E-state index contributed by atoms with van der Waals surface area (Å²) in [6, 6.07) is 10.3. The van der Waals surface area contributed by atoms with Crippen LogP contribution in [0.1, 0.15) is 5.56 Å². The Kier molecular flexibility index (Phi) is 2.89. The lowest BCUT2D eigenvalue weighted by Gasteiger charge is -2.01. The second-order valence-corrected chi connectivity index (χ2v) is 5.22. The SMILES string of the molecule is Cn1c(-c2cccs2)nc2ccc(CCO)cc21. The molecule has 0 fully saturated rings. The number of aliphatic hydroxyl groups excluding tert-OH is 1. The van der Waals surface area contributed by atoms with Crippen LogP contribution >= 0.6 is 11.3 Å². The van der Waals surface area contributed by atoms with Crippen molar-refractivity contribution in [3.8, 4) is 10.7 Å². The molecule has 1 N–H and O–H groups in total. The summed E-state index contributed by atoms with van der Waals surface area (Å²) in [6.07, 6.45) is 0.690. The molecule has 0 spiro atoms. The number of benzene rings is 1. The predicted molar refractivity (Wildman–Crippen MR) is 74.8 cm³/mol. The zero-order chi connectivity index (χ0) is 12.5. The normalized spacial score (nSPS) is 11.2. The van der Waals surface area contributed by atoms with Crippen molar-refractivity contribution in [1.82, 2.24) is 9.55 Å². The van der Waals surface area contributed by atoms with Crippen LogP contribution in [-0.2, 0) is 13.5 Å². The van der Waals surface area contributed by atoms with E-state index in [0.717, 1.165) is 22.4 Å². The number of aliphatic hydroxyl groups is 1. The van der Waals surface area contributed by atoms with Crippen LogP contribution in [0.5, 0.6) is 0 Å². The molecule has 0 aliphatic rings. The molecule has 3 rings (SSSR count). The quantitative estimate of drug-likeness (QED) is 0.784. The maximum atomic E-state index is 9.00. The lowest BCUT2D eigenvalue weighted by molar-refractivity contribution is 0.299. The van der Waals surface area contributed by atoms with Gasteiger partial charge < -0.3 is 9.67 Å². The first-order chi connectivity index (χ1) is 8.79. The molecule has 1 aromatic carbocycles. The van der Waals surface area contributed by atoms with Crippen molar-refractivity contribution in [3.63, 3.8) is 0 Å². The Balaban J connectivity index is 2.16. The molecule has 0 saturated heterocycles. The number of imidazole rings is 1. The number of fused-ring (bicyclic) bond motifs is 1. The average Bonchev–Trinajstić information content (AvgIpc) is 2.99. The minimum absolute atomic E-state index is 0.182. The number of aryl methyl sites for hydroxylation is 1. The maximum Gasteiger partial charge on any atom is 0.150 e. The van der Waals surface area contributed by atoms with E-state index in [0.29, 0.717) is 6.42 Å². The number of hydrogen-bond acceptors (Lipinski definition) is 3. The summed E-state index contributed by atoms with van der Waals surface area (Å²) in [5.74, 6) is 1.00. The van der Waals surface area contributed by atoms with Crippen LogP contribution in [0, 0.1) is 0 Å². The summed E-state index contributed by atoms with van der Waals surface area (Å²) in [6.45, 7) is 0.182. The van der Waals surface area contributed by atoms with Crippen LogP contribution < -0.4 is 0 Å². The number of nitrogens with zero attached hydrogens (tertiary/aromatic N) is 2. The smallest absolute Gasteiger partial charge is 0.150 e. The van der Waals surface area contributed by atoms with Crippen molar-refractivity contribution >= 4 is 22.4 Å². The van der Waals surface area contributed by atoms with Gasteiger partial charge in [0.1, 0.15) is 0 Å². The molecule has 0 aliphatic carbocycles. The van der Waals surface area contributed by atoms with Crippen LogP contribution in [0.15, 0.2) is 35.7 Å². The number of hydrogen-bond donors (Lipinski definition) is 1. The average molecular weight is 258 g/mol. The highest BCUT2D eigenvalue weighted by atomic mass is 32.1. The molecule has 0 aliphatic heterocycles. The molecule has 0 radical (unpaired) electrons. The van der Waals surface area contributed by atoms with Gasteiger partial charge in [0.2, 0.25) is 0 Å². The van der Waals surface area contributed by atoms with E-state index in [9.17, 15) is 0 Å². The molecule has 0 bridgehead atoms. The van der Waals surface area contributed by atoms with Gasteiger partial charge in [0.25, 0.3) is 0 Å². The zero-order valence-electron chi connectivity index (χ0n) is 10.1. The summed E-state index contributed by atoms with van der Waals surface area (Å²) in [4.78, 5) is 5.84. The molecule has 3 nitrogen and oxygen atoms in total.